The van der Waals surface area contributed by atoms with Gasteiger partial charge in [-0.05, 0) is 56.6 Å². The predicted octanol–water partition coefficient (Wildman–Crippen LogP) is 4.52. The average Bonchev–Trinajstić information content (AvgIpc) is 3.10. The summed E-state index contributed by atoms with van der Waals surface area (Å²) < 4.78 is 20.8. The van der Waals surface area contributed by atoms with E-state index in [1.165, 1.54) is 27.5 Å². The summed E-state index contributed by atoms with van der Waals surface area (Å²) in [5.41, 5.74) is 1.35. The number of aromatic nitrogens is 2. The lowest BCUT2D eigenvalue weighted by Gasteiger charge is -2.47. The molecule has 2 atom stereocenters. The van der Waals surface area contributed by atoms with E-state index >= 15 is 0 Å². The molecule has 30 heavy (non-hydrogen) atoms. The van der Waals surface area contributed by atoms with E-state index in [9.17, 15) is 14.0 Å². The molecular formula is C21H23FIN3O3S. The molecule has 0 spiro atoms. The molecule has 5 rings (SSSR count). The smallest absolute Gasteiger partial charge is 0.311 e. The Morgan fingerprint density at radius 2 is 2.10 bits per heavy atom. The molecule has 3 aliphatic rings. The van der Waals surface area contributed by atoms with Crippen LogP contribution in [0.1, 0.15) is 38.2 Å². The van der Waals surface area contributed by atoms with Crippen molar-refractivity contribution in [3.63, 3.8) is 0 Å². The number of hydrogen-bond acceptors (Lipinski definition) is 5. The van der Waals surface area contributed by atoms with Gasteiger partial charge in [0.2, 0.25) is 5.91 Å². The second-order valence-electron chi connectivity index (χ2n) is 7.82. The topological polar surface area (TPSA) is 73.2 Å². The largest absolute Gasteiger partial charge is 0.466 e. The molecule has 2 heterocycles. The van der Waals surface area contributed by atoms with Crippen LogP contribution in [0.4, 0.5) is 4.39 Å². The Kier molecular flexibility index (Phi) is 6.66. The minimum atomic E-state index is -0.423. The fourth-order valence-electron chi connectivity index (χ4n) is 4.88. The molecule has 0 aliphatic heterocycles. The number of ether oxygens (including phenoxy) is 1. The second-order valence-corrected chi connectivity index (χ2v) is 9.54. The first-order valence-corrected chi connectivity index (χ1v) is 13.4. The van der Waals surface area contributed by atoms with Crippen molar-refractivity contribution in [3.05, 3.63) is 35.9 Å². The monoisotopic (exact) mass is 543 g/mol. The number of carbonyl (C=O) groups is 2. The third-order valence-corrected chi connectivity index (χ3v) is 7.88. The van der Waals surface area contributed by atoms with Crippen LogP contribution in [0, 0.1) is 23.6 Å². The Morgan fingerprint density at radius 3 is 2.80 bits per heavy atom. The zero-order valence-electron chi connectivity index (χ0n) is 16.5. The summed E-state index contributed by atoms with van der Waals surface area (Å²) in [5, 5.41) is 3.70. The van der Waals surface area contributed by atoms with Gasteiger partial charge in [0.15, 0.2) is 5.65 Å². The molecule has 2 aromatic rings. The quantitative estimate of drug-likeness (QED) is 0.330. The van der Waals surface area contributed by atoms with E-state index in [0.717, 1.165) is 25.7 Å². The minimum absolute atomic E-state index is 0.195. The van der Waals surface area contributed by atoms with Gasteiger partial charge in [-0.15, -0.1) is 0 Å². The van der Waals surface area contributed by atoms with Gasteiger partial charge in [0.1, 0.15) is 5.82 Å². The Hall–Kier alpha value is -1.62. The molecule has 2 bridgehead atoms. The molecule has 0 saturated heterocycles. The van der Waals surface area contributed by atoms with Crippen LogP contribution in [0.2, 0.25) is 0 Å². The molecule has 9 heteroatoms. The summed E-state index contributed by atoms with van der Waals surface area (Å²) in [6.45, 7) is 2.15. The number of nitrogens with zero attached hydrogens (tertiary/aromatic N) is 2. The van der Waals surface area contributed by atoms with Crippen molar-refractivity contribution in [1.29, 1.82) is 0 Å². The Morgan fingerprint density at radius 1 is 1.37 bits per heavy atom. The van der Waals surface area contributed by atoms with Crippen molar-refractivity contribution < 1.29 is 18.7 Å². The number of carbonyl (C=O) groups excluding carboxylic acids is 2. The molecular weight excluding hydrogens is 520 g/mol. The lowest BCUT2D eigenvalue weighted by Crippen LogP contribution is -2.56. The van der Waals surface area contributed by atoms with Crippen molar-refractivity contribution in [1.82, 2.24) is 14.3 Å². The van der Waals surface area contributed by atoms with E-state index in [-0.39, 0.29) is 29.8 Å². The van der Waals surface area contributed by atoms with Gasteiger partial charge in [-0.25, -0.2) is 9.37 Å². The number of amides is 1. The van der Waals surface area contributed by atoms with Crippen molar-refractivity contribution in [2.24, 2.45) is 17.8 Å². The number of nitrogens with one attached hydrogen (secondary N) is 1. The van der Waals surface area contributed by atoms with E-state index in [4.69, 9.17) is 4.74 Å². The van der Waals surface area contributed by atoms with Crippen LogP contribution < -0.4 is 5.32 Å². The van der Waals surface area contributed by atoms with Gasteiger partial charge in [-0.3, -0.25) is 13.6 Å². The van der Waals surface area contributed by atoms with Gasteiger partial charge in [0.25, 0.3) is 0 Å². The average molecular weight is 543 g/mol. The van der Waals surface area contributed by atoms with Crippen molar-refractivity contribution >= 4 is 59.3 Å². The van der Waals surface area contributed by atoms with Crippen molar-refractivity contribution in [2.45, 2.75) is 38.6 Å². The summed E-state index contributed by atoms with van der Waals surface area (Å²) in [4.78, 5) is 29.4. The molecule has 1 amide bonds. The maximum atomic E-state index is 13.7. The van der Waals surface area contributed by atoms with E-state index in [1.807, 2.05) is 10.2 Å². The first-order valence-electron chi connectivity index (χ1n) is 10.1. The summed E-state index contributed by atoms with van der Waals surface area (Å²) in [7, 11) is 1.42. The van der Waals surface area contributed by atoms with Crippen LogP contribution in [0.5, 0.6) is 0 Å². The van der Waals surface area contributed by atoms with Crippen LogP contribution in [0.15, 0.2) is 24.5 Å². The maximum absolute atomic E-state index is 13.7. The van der Waals surface area contributed by atoms with E-state index in [0.29, 0.717) is 29.1 Å². The summed E-state index contributed by atoms with van der Waals surface area (Å²) in [6, 6.07) is 1.22. The molecule has 0 radical (unpaired) electrons. The van der Waals surface area contributed by atoms with Gasteiger partial charge in [-0.2, -0.15) is 0 Å². The van der Waals surface area contributed by atoms with Crippen molar-refractivity contribution in [3.8, 4) is 0 Å². The highest BCUT2D eigenvalue weighted by molar-refractivity contribution is 14.2. The number of fused-ring (bicyclic) bond motifs is 4. The van der Waals surface area contributed by atoms with Gasteiger partial charge in [0, 0.05) is 59.6 Å². The fraction of sp³-hybridized carbons (Fsp3) is 0.476. The van der Waals surface area contributed by atoms with E-state index in [2.05, 4.69) is 31.5 Å². The fourth-order valence-corrected chi connectivity index (χ4v) is 6.14. The predicted molar refractivity (Wildman–Crippen MR) is 123 cm³/mol. The molecule has 1 N–H and O–H groups in total. The first kappa shape index (κ1) is 21.6. The van der Waals surface area contributed by atoms with Gasteiger partial charge in [-0.1, -0.05) is 0 Å². The number of pyridine rings is 1. The Balaban J connectivity index is 1.53. The molecule has 3 saturated carbocycles. The zero-order chi connectivity index (χ0) is 21.3. The van der Waals surface area contributed by atoms with Gasteiger partial charge >= 0.3 is 5.97 Å². The lowest BCUT2D eigenvalue weighted by atomic mass is 9.61. The number of esters is 1. The van der Waals surface area contributed by atoms with E-state index < -0.39 is 5.82 Å². The zero-order valence-corrected chi connectivity index (χ0v) is 19.5. The Bertz CT molecular complexity index is 987. The molecule has 3 fully saturated rings. The van der Waals surface area contributed by atoms with E-state index in [1.54, 1.807) is 13.0 Å². The SMILES string of the molecule is CCOC(=O)[C@H]1C2CCC(CC2)[C@@H]1NC(=O)/C=C/c1cn(SI)c2ncc(F)cc12. The number of hydrogen-bond donors (Lipinski definition) is 1. The standard InChI is InChI=1S/C21H23FIN3O3S/c1-2-29-21(28)18-12-3-5-13(6-4-12)19(18)25-17(27)8-7-14-11-26(30-23)20-16(14)9-15(22)10-24-20/h7-13,18-19H,2-6H2,1H3,(H,25,27)/b8-7+/t12?,13?,18-,19-/m0/s1. The van der Waals surface area contributed by atoms with Crippen LogP contribution in [-0.4, -0.2) is 33.5 Å². The highest BCUT2D eigenvalue weighted by Gasteiger charge is 2.48. The third-order valence-electron chi connectivity index (χ3n) is 6.18. The molecule has 160 valence electrons. The highest BCUT2D eigenvalue weighted by atomic mass is 127. The normalized spacial score (nSPS) is 25.7. The Labute approximate surface area is 190 Å². The number of rotatable bonds is 6. The first-order chi connectivity index (χ1) is 14.5. The summed E-state index contributed by atoms with van der Waals surface area (Å²) in [5.74, 6) is -0.578. The van der Waals surface area contributed by atoms with Crippen LogP contribution in [0.25, 0.3) is 17.1 Å². The highest BCUT2D eigenvalue weighted by Crippen LogP contribution is 2.45. The van der Waals surface area contributed by atoms with Gasteiger partial charge < -0.3 is 10.1 Å². The van der Waals surface area contributed by atoms with Crippen molar-refractivity contribution in [2.75, 3.05) is 6.61 Å². The van der Waals surface area contributed by atoms with Crippen LogP contribution in [0.3, 0.4) is 0 Å². The second kappa shape index (κ2) is 9.25. The maximum Gasteiger partial charge on any atom is 0.311 e. The molecule has 0 aromatic carbocycles. The molecule has 3 aliphatic carbocycles. The molecule has 6 nitrogen and oxygen atoms in total. The number of halogens is 2. The third kappa shape index (κ3) is 4.23. The minimum Gasteiger partial charge on any atom is -0.466 e. The summed E-state index contributed by atoms with van der Waals surface area (Å²) >= 11 is 2.13. The molecule has 2 aromatic heterocycles. The summed E-state index contributed by atoms with van der Waals surface area (Å²) in [6.07, 6.45) is 10.2. The van der Waals surface area contributed by atoms with Crippen LogP contribution in [-0.2, 0) is 14.3 Å². The van der Waals surface area contributed by atoms with Crippen LogP contribution >= 0.6 is 30.3 Å². The van der Waals surface area contributed by atoms with Gasteiger partial charge in [0.05, 0.1) is 18.7 Å². The molecule has 0 unspecified atom stereocenters. The lowest BCUT2D eigenvalue weighted by molar-refractivity contribution is -0.156.